The molecule has 2 aromatic rings. The van der Waals surface area contributed by atoms with Crippen molar-refractivity contribution in [2.24, 2.45) is 0 Å². The molecule has 0 aliphatic heterocycles. The molecule has 1 aromatic carbocycles. The fraction of sp³-hybridized carbons (Fsp3) is 0.286. The van der Waals surface area contributed by atoms with E-state index in [-0.39, 0.29) is 11.6 Å². The zero-order valence-corrected chi connectivity index (χ0v) is 11.4. The molecule has 0 spiro atoms. The van der Waals surface area contributed by atoms with Gasteiger partial charge in [-0.05, 0) is 43.7 Å². The molecule has 7 heteroatoms. The Morgan fingerprint density at radius 2 is 1.86 bits per heavy atom. The number of hydrogen-bond acceptors (Lipinski definition) is 3. The van der Waals surface area contributed by atoms with Crippen molar-refractivity contribution in [3.05, 3.63) is 41.3 Å². The lowest BCUT2D eigenvalue weighted by Gasteiger charge is -2.11. The highest BCUT2D eigenvalue weighted by Gasteiger charge is 2.33. The molecule has 21 heavy (non-hydrogen) atoms. The molecule has 3 nitrogen and oxygen atoms in total. The molecule has 0 bridgehead atoms. The minimum Gasteiger partial charge on any atom is -0.354 e. The quantitative estimate of drug-likeness (QED) is 0.869. The molecule has 0 radical (unpaired) electrons. The van der Waals surface area contributed by atoms with Crippen molar-refractivity contribution in [3.8, 4) is 11.3 Å². The lowest BCUT2D eigenvalue weighted by molar-refractivity contribution is -0.141. The molecular formula is C14H13F4N3. The lowest BCUT2D eigenvalue weighted by Crippen LogP contribution is -2.12. The van der Waals surface area contributed by atoms with Gasteiger partial charge in [0.1, 0.15) is 5.82 Å². The van der Waals surface area contributed by atoms with E-state index in [1.54, 1.807) is 6.92 Å². The van der Waals surface area contributed by atoms with Gasteiger partial charge in [-0.25, -0.2) is 14.4 Å². The van der Waals surface area contributed by atoms with Crippen molar-refractivity contribution in [1.29, 1.82) is 0 Å². The van der Waals surface area contributed by atoms with Crippen LogP contribution in [0.4, 0.5) is 23.5 Å². The van der Waals surface area contributed by atoms with Gasteiger partial charge < -0.3 is 5.32 Å². The summed E-state index contributed by atoms with van der Waals surface area (Å²) in [6.07, 6.45) is -4.57. The van der Waals surface area contributed by atoms with E-state index in [4.69, 9.17) is 0 Å². The number of benzene rings is 1. The fourth-order valence-corrected chi connectivity index (χ4v) is 1.78. The molecule has 0 aliphatic carbocycles. The first-order chi connectivity index (χ1) is 9.81. The van der Waals surface area contributed by atoms with E-state index in [0.717, 1.165) is 6.07 Å². The molecule has 0 saturated carbocycles. The zero-order valence-electron chi connectivity index (χ0n) is 11.4. The first-order valence-corrected chi connectivity index (χ1v) is 6.28. The summed E-state index contributed by atoms with van der Waals surface area (Å²) < 4.78 is 51.9. The number of alkyl halides is 3. The van der Waals surface area contributed by atoms with Crippen LogP contribution in [0.5, 0.6) is 0 Å². The number of anilines is 1. The average molecular weight is 299 g/mol. The molecule has 1 aromatic heterocycles. The van der Waals surface area contributed by atoms with Gasteiger partial charge in [0.15, 0.2) is 5.69 Å². The molecule has 1 N–H and O–H groups in total. The summed E-state index contributed by atoms with van der Waals surface area (Å²) >= 11 is 0. The number of aryl methyl sites for hydroxylation is 1. The van der Waals surface area contributed by atoms with E-state index in [2.05, 4.69) is 15.3 Å². The highest BCUT2D eigenvalue weighted by Crippen LogP contribution is 2.31. The number of hydrogen-bond donors (Lipinski definition) is 1. The smallest absolute Gasteiger partial charge is 0.354 e. The maximum Gasteiger partial charge on any atom is 0.433 e. The lowest BCUT2D eigenvalue weighted by atomic mass is 10.1. The van der Waals surface area contributed by atoms with E-state index >= 15 is 0 Å². The van der Waals surface area contributed by atoms with E-state index in [1.165, 1.54) is 25.1 Å². The van der Waals surface area contributed by atoms with Crippen molar-refractivity contribution in [2.75, 3.05) is 11.9 Å². The second-order valence-corrected chi connectivity index (χ2v) is 4.45. The van der Waals surface area contributed by atoms with Gasteiger partial charge in [-0.2, -0.15) is 13.2 Å². The topological polar surface area (TPSA) is 37.8 Å². The summed E-state index contributed by atoms with van der Waals surface area (Å²) in [5.41, 5.74) is -0.201. The largest absolute Gasteiger partial charge is 0.433 e. The van der Waals surface area contributed by atoms with Crippen molar-refractivity contribution < 1.29 is 17.6 Å². The van der Waals surface area contributed by atoms with Crippen LogP contribution in [0.2, 0.25) is 0 Å². The van der Waals surface area contributed by atoms with Gasteiger partial charge in [-0.15, -0.1) is 0 Å². The Morgan fingerprint density at radius 1 is 1.14 bits per heavy atom. The maximum absolute atomic E-state index is 13.3. The summed E-state index contributed by atoms with van der Waals surface area (Å²) in [6, 6.07) is 4.90. The van der Waals surface area contributed by atoms with E-state index in [1.807, 2.05) is 0 Å². The Hall–Kier alpha value is -2.18. The molecule has 0 amide bonds. The zero-order chi connectivity index (χ0) is 15.6. The van der Waals surface area contributed by atoms with Gasteiger partial charge in [-0.1, -0.05) is 0 Å². The molecule has 0 saturated heterocycles. The summed E-state index contributed by atoms with van der Waals surface area (Å²) in [4.78, 5) is 7.47. The van der Waals surface area contributed by atoms with Crippen LogP contribution >= 0.6 is 0 Å². The van der Waals surface area contributed by atoms with Gasteiger partial charge in [0.05, 0.1) is 5.69 Å². The number of aromatic nitrogens is 2. The van der Waals surface area contributed by atoms with Gasteiger partial charge >= 0.3 is 6.18 Å². The van der Waals surface area contributed by atoms with Crippen LogP contribution < -0.4 is 5.32 Å². The molecule has 2 rings (SSSR count). The van der Waals surface area contributed by atoms with Crippen LogP contribution in [0, 0.1) is 12.7 Å². The van der Waals surface area contributed by atoms with Crippen LogP contribution in [0.3, 0.4) is 0 Å². The Bertz CT molecular complexity index is 653. The first-order valence-electron chi connectivity index (χ1n) is 6.28. The van der Waals surface area contributed by atoms with Crippen molar-refractivity contribution >= 4 is 5.95 Å². The van der Waals surface area contributed by atoms with Gasteiger partial charge in [0, 0.05) is 12.1 Å². The van der Waals surface area contributed by atoms with E-state index in [9.17, 15) is 17.6 Å². The van der Waals surface area contributed by atoms with Crippen molar-refractivity contribution in [3.63, 3.8) is 0 Å². The van der Waals surface area contributed by atoms with Crippen LogP contribution in [0.1, 0.15) is 18.2 Å². The molecule has 0 atom stereocenters. The van der Waals surface area contributed by atoms with Gasteiger partial charge in [-0.3, -0.25) is 0 Å². The number of rotatable bonds is 3. The first kappa shape index (κ1) is 15.2. The van der Waals surface area contributed by atoms with Crippen molar-refractivity contribution in [2.45, 2.75) is 20.0 Å². The van der Waals surface area contributed by atoms with Crippen LogP contribution in [0.25, 0.3) is 11.3 Å². The predicted molar refractivity (Wildman–Crippen MR) is 71.3 cm³/mol. The number of halogens is 4. The van der Waals surface area contributed by atoms with Crippen molar-refractivity contribution in [1.82, 2.24) is 9.97 Å². The molecule has 0 unspecified atom stereocenters. The second-order valence-electron chi connectivity index (χ2n) is 4.45. The van der Waals surface area contributed by atoms with E-state index in [0.29, 0.717) is 17.7 Å². The number of nitrogens with one attached hydrogen (secondary N) is 1. The Balaban J connectivity index is 2.56. The van der Waals surface area contributed by atoms with Crippen LogP contribution in [-0.4, -0.2) is 16.5 Å². The SMILES string of the molecule is CCNc1nc(-c2ccc(F)c(C)c2)cc(C(F)(F)F)n1. The molecule has 0 fully saturated rings. The van der Waals surface area contributed by atoms with Gasteiger partial charge in [0.25, 0.3) is 0 Å². The third-order valence-electron chi connectivity index (χ3n) is 2.81. The minimum absolute atomic E-state index is 0.0939. The number of nitrogens with zero attached hydrogens (tertiary/aromatic N) is 2. The minimum atomic E-state index is -4.57. The fourth-order valence-electron chi connectivity index (χ4n) is 1.78. The van der Waals surface area contributed by atoms with Gasteiger partial charge in [0.2, 0.25) is 5.95 Å². The summed E-state index contributed by atoms with van der Waals surface area (Å²) in [7, 11) is 0. The van der Waals surface area contributed by atoms with Crippen LogP contribution in [-0.2, 0) is 6.18 Å². The summed E-state index contributed by atoms with van der Waals surface area (Å²) in [6.45, 7) is 3.66. The normalized spacial score (nSPS) is 11.5. The molecule has 0 aliphatic rings. The monoisotopic (exact) mass is 299 g/mol. The Kier molecular flexibility index (Phi) is 4.11. The molecule has 1 heterocycles. The van der Waals surface area contributed by atoms with E-state index < -0.39 is 17.7 Å². The maximum atomic E-state index is 13.3. The predicted octanol–water partition coefficient (Wildman–Crippen LogP) is 4.04. The highest BCUT2D eigenvalue weighted by atomic mass is 19.4. The van der Waals surface area contributed by atoms with Crippen LogP contribution in [0.15, 0.2) is 24.3 Å². The molecule has 112 valence electrons. The Morgan fingerprint density at radius 3 is 2.43 bits per heavy atom. The Labute approximate surface area is 119 Å². The highest BCUT2D eigenvalue weighted by molar-refractivity contribution is 5.62. The molecular weight excluding hydrogens is 286 g/mol. The average Bonchev–Trinajstić information content (AvgIpc) is 2.41. The summed E-state index contributed by atoms with van der Waals surface area (Å²) in [5.74, 6) is -0.528. The second kappa shape index (κ2) is 5.67. The third-order valence-corrected chi connectivity index (χ3v) is 2.81. The summed E-state index contributed by atoms with van der Waals surface area (Å²) in [5, 5.41) is 2.66. The third kappa shape index (κ3) is 3.48. The standard InChI is InChI=1S/C14H13F4N3/c1-3-19-13-20-11(7-12(21-13)14(16,17)18)9-4-5-10(15)8(2)6-9/h4-7H,3H2,1-2H3,(H,19,20,21).